The molecule has 2 aromatic rings. The van der Waals surface area contributed by atoms with Gasteiger partial charge >= 0.3 is 0 Å². The molecule has 0 fully saturated rings. The number of hydrogen-bond donors (Lipinski definition) is 1. The van der Waals surface area contributed by atoms with Gasteiger partial charge in [-0.05, 0) is 18.6 Å². The molecular formula is C12H14N4OS. The third-order valence-corrected chi connectivity index (χ3v) is 3.42. The van der Waals surface area contributed by atoms with Crippen LogP contribution in [0.2, 0.25) is 0 Å². The summed E-state index contributed by atoms with van der Waals surface area (Å²) in [5.74, 6) is 0.310. The van der Waals surface area contributed by atoms with Crippen molar-refractivity contribution in [1.82, 2.24) is 14.8 Å². The number of primary amides is 1. The quantitative estimate of drug-likeness (QED) is 0.829. The minimum absolute atomic E-state index is 0.301. The molecule has 0 saturated heterocycles. The lowest BCUT2D eigenvalue weighted by atomic mass is 10.2. The number of nitrogens with zero attached hydrogens (tertiary/aromatic N) is 3. The van der Waals surface area contributed by atoms with Crippen LogP contribution in [-0.2, 0) is 4.79 Å². The highest BCUT2D eigenvalue weighted by Crippen LogP contribution is 2.21. The highest BCUT2D eigenvalue weighted by atomic mass is 32.2. The van der Waals surface area contributed by atoms with E-state index < -0.39 is 0 Å². The number of carbonyl (C=O) groups is 1. The second-order valence-corrected chi connectivity index (χ2v) is 4.90. The molecule has 0 aliphatic rings. The molecule has 1 aromatic carbocycles. The monoisotopic (exact) mass is 262 g/mol. The Hall–Kier alpha value is -1.82. The van der Waals surface area contributed by atoms with E-state index in [0.717, 1.165) is 16.4 Å². The smallest absolute Gasteiger partial charge is 0.218 e. The zero-order chi connectivity index (χ0) is 13.0. The van der Waals surface area contributed by atoms with Crippen LogP contribution in [0.1, 0.15) is 12.0 Å². The van der Waals surface area contributed by atoms with Gasteiger partial charge in [0.05, 0.1) is 5.69 Å². The van der Waals surface area contributed by atoms with E-state index in [1.807, 2.05) is 35.8 Å². The molecule has 0 unspecified atom stereocenters. The zero-order valence-corrected chi connectivity index (χ0v) is 10.9. The van der Waals surface area contributed by atoms with Gasteiger partial charge in [0.15, 0.2) is 5.16 Å². The average Bonchev–Trinajstić information content (AvgIpc) is 2.77. The van der Waals surface area contributed by atoms with Crippen LogP contribution in [0.3, 0.4) is 0 Å². The first-order valence-corrected chi connectivity index (χ1v) is 6.54. The lowest BCUT2D eigenvalue weighted by Gasteiger charge is -2.08. The van der Waals surface area contributed by atoms with Crippen molar-refractivity contribution in [3.8, 4) is 5.69 Å². The van der Waals surface area contributed by atoms with Crippen molar-refractivity contribution in [3.05, 3.63) is 36.2 Å². The number of carbonyl (C=O) groups excluding carboxylic acids is 1. The van der Waals surface area contributed by atoms with Crippen molar-refractivity contribution in [1.29, 1.82) is 0 Å². The minimum Gasteiger partial charge on any atom is -0.370 e. The summed E-state index contributed by atoms with van der Waals surface area (Å²) in [6, 6.07) is 8.01. The molecule has 1 aromatic heterocycles. The zero-order valence-electron chi connectivity index (χ0n) is 10.0. The van der Waals surface area contributed by atoms with Gasteiger partial charge in [0.2, 0.25) is 5.91 Å². The molecule has 2 N–H and O–H groups in total. The number of thioether (sulfide) groups is 1. The fraction of sp³-hybridized carbons (Fsp3) is 0.250. The number of para-hydroxylation sites is 1. The van der Waals surface area contributed by atoms with Gasteiger partial charge in [-0.15, -0.1) is 10.2 Å². The minimum atomic E-state index is -0.301. The van der Waals surface area contributed by atoms with E-state index in [4.69, 9.17) is 5.73 Å². The van der Waals surface area contributed by atoms with Gasteiger partial charge in [0.1, 0.15) is 6.33 Å². The van der Waals surface area contributed by atoms with Crippen LogP contribution < -0.4 is 5.73 Å². The SMILES string of the molecule is Cc1ccccc1-n1cnnc1SCCC(N)=O. The van der Waals surface area contributed by atoms with E-state index in [0.29, 0.717) is 12.2 Å². The number of aryl methyl sites for hydroxylation is 1. The van der Waals surface area contributed by atoms with Crippen molar-refractivity contribution in [2.45, 2.75) is 18.5 Å². The molecule has 5 nitrogen and oxygen atoms in total. The van der Waals surface area contributed by atoms with E-state index in [2.05, 4.69) is 10.2 Å². The molecule has 94 valence electrons. The Morgan fingerprint density at radius 2 is 2.22 bits per heavy atom. The van der Waals surface area contributed by atoms with Gasteiger partial charge in [-0.1, -0.05) is 30.0 Å². The average molecular weight is 262 g/mol. The Kier molecular flexibility index (Phi) is 3.99. The number of hydrogen-bond acceptors (Lipinski definition) is 4. The Bertz CT molecular complexity index is 553. The maximum Gasteiger partial charge on any atom is 0.218 e. The van der Waals surface area contributed by atoms with Crippen LogP contribution in [-0.4, -0.2) is 26.4 Å². The highest BCUT2D eigenvalue weighted by Gasteiger charge is 2.09. The van der Waals surface area contributed by atoms with Crippen LogP contribution in [0.5, 0.6) is 0 Å². The molecule has 1 heterocycles. The first kappa shape index (κ1) is 12.6. The van der Waals surface area contributed by atoms with Gasteiger partial charge in [0, 0.05) is 12.2 Å². The van der Waals surface area contributed by atoms with Gasteiger partial charge < -0.3 is 5.73 Å². The number of benzene rings is 1. The standard InChI is InChI=1S/C12H14N4OS/c1-9-4-2-3-5-10(9)16-8-14-15-12(16)18-7-6-11(13)17/h2-5,8H,6-7H2,1H3,(H2,13,17). The van der Waals surface area contributed by atoms with Crippen LogP contribution >= 0.6 is 11.8 Å². The molecule has 6 heteroatoms. The largest absolute Gasteiger partial charge is 0.370 e. The number of aromatic nitrogens is 3. The summed E-state index contributed by atoms with van der Waals surface area (Å²) in [6.45, 7) is 2.03. The van der Waals surface area contributed by atoms with Crippen LogP contribution in [0.4, 0.5) is 0 Å². The summed E-state index contributed by atoms with van der Waals surface area (Å²) in [5, 5.41) is 8.74. The summed E-state index contributed by atoms with van der Waals surface area (Å²) < 4.78 is 1.92. The molecule has 0 aliphatic carbocycles. The van der Waals surface area contributed by atoms with Crippen molar-refractivity contribution < 1.29 is 4.79 Å². The fourth-order valence-electron chi connectivity index (χ4n) is 1.56. The van der Waals surface area contributed by atoms with Crippen LogP contribution in [0, 0.1) is 6.92 Å². The Morgan fingerprint density at radius 3 is 2.94 bits per heavy atom. The molecule has 0 saturated carbocycles. The summed E-state index contributed by atoms with van der Waals surface area (Å²) in [6.07, 6.45) is 2.01. The number of nitrogens with two attached hydrogens (primary N) is 1. The summed E-state index contributed by atoms with van der Waals surface area (Å²) >= 11 is 1.47. The normalized spacial score (nSPS) is 10.5. The van der Waals surface area contributed by atoms with Crippen LogP contribution in [0.25, 0.3) is 5.69 Å². The van der Waals surface area contributed by atoms with Crippen molar-refractivity contribution in [2.75, 3.05) is 5.75 Å². The van der Waals surface area contributed by atoms with Crippen molar-refractivity contribution in [2.24, 2.45) is 5.73 Å². The maximum absolute atomic E-state index is 10.7. The topological polar surface area (TPSA) is 73.8 Å². The van der Waals surface area contributed by atoms with Gasteiger partial charge in [-0.25, -0.2) is 0 Å². The third kappa shape index (κ3) is 2.89. The Labute approximate surface area is 109 Å². The molecule has 0 radical (unpaired) electrons. The lowest BCUT2D eigenvalue weighted by molar-refractivity contribution is -0.117. The van der Waals surface area contributed by atoms with E-state index >= 15 is 0 Å². The van der Waals surface area contributed by atoms with Gasteiger partial charge in [-0.3, -0.25) is 9.36 Å². The molecule has 2 rings (SSSR count). The predicted molar refractivity (Wildman–Crippen MR) is 70.6 cm³/mol. The molecule has 1 amide bonds. The molecule has 0 bridgehead atoms. The predicted octanol–water partition coefficient (Wildman–Crippen LogP) is 1.54. The van der Waals surface area contributed by atoms with E-state index in [9.17, 15) is 4.79 Å². The summed E-state index contributed by atoms with van der Waals surface area (Å²) in [5.41, 5.74) is 7.30. The first-order chi connectivity index (χ1) is 8.68. The lowest BCUT2D eigenvalue weighted by Crippen LogP contribution is -2.11. The Morgan fingerprint density at radius 1 is 1.44 bits per heavy atom. The molecule has 0 atom stereocenters. The van der Waals surface area contributed by atoms with Crippen molar-refractivity contribution >= 4 is 17.7 Å². The molecular weight excluding hydrogens is 248 g/mol. The first-order valence-electron chi connectivity index (χ1n) is 5.55. The van der Waals surface area contributed by atoms with E-state index in [1.54, 1.807) is 6.33 Å². The summed E-state index contributed by atoms with van der Waals surface area (Å²) in [7, 11) is 0. The highest BCUT2D eigenvalue weighted by molar-refractivity contribution is 7.99. The van der Waals surface area contributed by atoms with Gasteiger partial charge in [-0.2, -0.15) is 0 Å². The molecule has 0 aliphatic heterocycles. The molecule has 18 heavy (non-hydrogen) atoms. The molecule has 0 spiro atoms. The van der Waals surface area contributed by atoms with Crippen LogP contribution in [0.15, 0.2) is 35.7 Å². The maximum atomic E-state index is 10.7. The van der Waals surface area contributed by atoms with E-state index in [1.165, 1.54) is 11.8 Å². The second-order valence-electron chi connectivity index (χ2n) is 3.83. The fourth-order valence-corrected chi connectivity index (χ4v) is 2.44. The third-order valence-electron chi connectivity index (χ3n) is 2.47. The van der Waals surface area contributed by atoms with E-state index in [-0.39, 0.29) is 5.91 Å². The summed E-state index contributed by atoms with van der Waals surface area (Å²) in [4.78, 5) is 10.7. The van der Waals surface area contributed by atoms with Crippen molar-refractivity contribution in [3.63, 3.8) is 0 Å². The second kappa shape index (κ2) is 5.68. The van der Waals surface area contributed by atoms with Gasteiger partial charge in [0.25, 0.3) is 0 Å². The number of amides is 1. The number of rotatable bonds is 5. The Balaban J connectivity index is 2.18.